The molecule has 1 aliphatic rings. The van der Waals surface area contributed by atoms with Crippen molar-refractivity contribution < 1.29 is 9.13 Å². The van der Waals surface area contributed by atoms with Gasteiger partial charge < -0.3 is 15.4 Å². The van der Waals surface area contributed by atoms with Crippen molar-refractivity contribution in [3.63, 3.8) is 0 Å². The van der Waals surface area contributed by atoms with Gasteiger partial charge in [0.1, 0.15) is 10.8 Å². The van der Waals surface area contributed by atoms with Crippen LogP contribution in [0.15, 0.2) is 18.2 Å². The molecule has 98 valence electrons. The Hall–Kier alpha value is -1.20. The predicted octanol–water partition coefficient (Wildman–Crippen LogP) is 2.08. The molecular formula is C13H17FN2OS. The van der Waals surface area contributed by atoms with E-state index in [9.17, 15) is 4.39 Å². The number of anilines is 1. The summed E-state index contributed by atoms with van der Waals surface area (Å²) in [5.41, 5.74) is 6.36. The second-order valence-corrected chi connectivity index (χ2v) is 5.50. The smallest absolute Gasteiger partial charge is 0.147 e. The van der Waals surface area contributed by atoms with Crippen molar-refractivity contribution in [2.24, 2.45) is 5.73 Å². The average molecular weight is 268 g/mol. The highest BCUT2D eigenvalue weighted by Crippen LogP contribution is 2.26. The molecule has 0 bridgehead atoms. The highest BCUT2D eigenvalue weighted by atomic mass is 32.1. The Morgan fingerprint density at radius 3 is 2.78 bits per heavy atom. The first-order valence-electron chi connectivity index (χ1n) is 5.87. The summed E-state index contributed by atoms with van der Waals surface area (Å²) in [5.74, 6) is -0.294. The van der Waals surface area contributed by atoms with Crippen LogP contribution in [-0.2, 0) is 4.74 Å². The largest absolute Gasteiger partial charge is 0.389 e. The van der Waals surface area contributed by atoms with Gasteiger partial charge in [0.05, 0.1) is 17.9 Å². The molecule has 0 unspecified atom stereocenters. The lowest BCUT2D eigenvalue weighted by Gasteiger charge is -2.39. The first kappa shape index (κ1) is 13.2. The summed E-state index contributed by atoms with van der Waals surface area (Å²) in [4.78, 5) is 2.20. The minimum absolute atomic E-state index is 0.211. The zero-order chi connectivity index (χ0) is 13.3. The summed E-state index contributed by atoms with van der Waals surface area (Å²) < 4.78 is 19.7. The van der Waals surface area contributed by atoms with Crippen LogP contribution < -0.4 is 10.6 Å². The lowest BCUT2D eigenvalue weighted by atomic mass is 10.1. The van der Waals surface area contributed by atoms with Gasteiger partial charge in [0.25, 0.3) is 0 Å². The number of thiocarbonyl (C=S) groups is 1. The van der Waals surface area contributed by atoms with Crippen molar-refractivity contribution in [3.05, 3.63) is 29.6 Å². The summed E-state index contributed by atoms with van der Waals surface area (Å²) in [7, 11) is 0. The van der Waals surface area contributed by atoms with Gasteiger partial charge in [-0.1, -0.05) is 12.2 Å². The minimum atomic E-state index is -0.294. The maximum Gasteiger partial charge on any atom is 0.147 e. The molecule has 0 saturated carbocycles. The van der Waals surface area contributed by atoms with Crippen molar-refractivity contribution in [3.8, 4) is 0 Å². The molecule has 3 nitrogen and oxygen atoms in total. The van der Waals surface area contributed by atoms with Crippen LogP contribution in [-0.4, -0.2) is 30.3 Å². The zero-order valence-corrected chi connectivity index (χ0v) is 11.4. The molecule has 1 fully saturated rings. The second-order valence-electron chi connectivity index (χ2n) is 5.06. The maximum absolute atomic E-state index is 14.0. The van der Waals surface area contributed by atoms with E-state index in [0.717, 1.165) is 0 Å². The molecule has 0 amide bonds. The summed E-state index contributed by atoms with van der Waals surface area (Å²) >= 11 is 4.84. The molecule has 2 N–H and O–H groups in total. The number of ether oxygens (including phenoxy) is 1. The molecule has 0 atom stereocenters. The molecule has 1 saturated heterocycles. The van der Waals surface area contributed by atoms with Crippen LogP contribution in [0.3, 0.4) is 0 Å². The van der Waals surface area contributed by atoms with E-state index >= 15 is 0 Å². The Bertz CT molecular complexity index is 476. The SMILES string of the molecule is CC1(C)CN(c2ccc(C(N)=S)cc2F)CCO1. The molecule has 2 rings (SSSR count). The fourth-order valence-electron chi connectivity index (χ4n) is 2.14. The quantitative estimate of drug-likeness (QED) is 0.833. The van der Waals surface area contributed by atoms with Crippen molar-refractivity contribution in [1.82, 2.24) is 0 Å². The first-order valence-corrected chi connectivity index (χ1v) is 6.28. The van der Waals surface area contributed by atoms with Crippen LogP contribution in [0, 0.1) is 5.82 Å². The van der Waals surface area contributed by atoms with E-state index in [0.29, 0.717) is 30.9 Å². The van der Waals surface area contributed by atoms with Gasteiger partial charge in [0, 0.05) is 18.7 Å². The Labute approximate surface area is 112 Å². The zero-order valence-electron chi connectivity index (χ0n) is 10.6. The number of morpholine rings is 1. The number of nitrogens with zero attached hydrogens (tertiary/aromatic N) is 1. The molecular weight excluding hydrogens is 251 g/mol. The Balaban J connectivity index is 2.26. The highest BCUT2D eigenvalue weighted by Gasteiger charge is 2.28. The Kier molecular flexibility index (Phi) is 3.54. The lowest BCUT2D eigenvalue weighted by Crippen LogP contribution is -2.48. The number of rotatable bonds is 2. The third-order valence-corrected chi connectivity index (χ3v) is 3.23. The minimum Gasteiger partial charge on any atom is -0.389 e. The molecule has 0 spiro atoms. The third kappa shape index (κ3) is 2.79. The number of benzene rings is 1. The van der Waals surface area contributed by atoms with Crippen molar-refractivity contribution >= 4 is 22.9 Å². The fourth-order valence-corrected chi connectivity index (χ4v) is 2.27. The first-order chi connectivity index (χ1) is 8.39. The third-order valence-electron chi connectivity index (χ3n) is 3.00. The van der Waals surface area contributed by atoms with E-state index in [2.05, 4.69) is 0 Å². The van der Waals surface area contributed by atoms with Crippen LogP contribution in [0.5, 0.6) is 0 Å². The fraction of sp³-hybridized carbons (Fsp3) is 0.462. The van der Waals surface area contributed by atoms with Gasteiger partial charge in [-0.3, -0.25) is 0 Å². The van der Waals surface area contributed by atoms with Gasteiger partial charge in [-0.15, -0.1) is 0 Å². The molecule has 0 aromatic heterocycles. The normalized spacial score (nSPS) is 18.7. The van der Waals surface area contributed by atoms with Gasteiger partial charge in [-0.25, -0.2) is 4.39 Å². The second kappa shape index (κ2) is 4.82. The van der Waals surface area contributed by atoms with Gasteiger partial charge in [0.2, 0.25) is 0 Å². The Morgan fingerprint density at radius 2 is 2.22 bits per heavy atom. The summed E-state index contributed by atoms with van der Waals surface area (Å²) in [6.07, 6.45) is 0. The molecule has 1 aromatic rings. The van der Waals surface area contributed by atoms with Crippen LogP contribution in [0.4, 0.5) is 10.1 Å². The molecule has 18 heavy (non-hydrogen) atoms. The van der Waals surface area contributed by atoms with Gasteiger partial charge in [-0.2, -0.15) is 0 Å². The van der Waals surface area contributed by atoms with E-state index < -0.39 is 0 Å². The van der Waals surface area contributed by atoms with Crippen LogP contribution in [0.2, 0.25) is 0 Å². The standard InChI is InChI=1S/C13H17FN2OS/c1-13(2)8-16(5-6-17-13)11-4-3-9(12(15)18)7-10(11)14/h3-4,7H,5-6,8H2,1-2H3,(H2,15,18). The van der Waals surface area contributed by atoms with Crippen LogP contribution in [0.1, 0.15) is 19.4 Å². The molecule has 1 aliphatic heterocycles. The number of hydrogen-bond donors (Lipinski definition) is 1. The van der Waals surface area contributed by atoms with Crippen LogP contribution in [0.25, 0.3) is 0 Å². The Morgan fingerprint density at radius 1 is 1.50 bits per heavy atom. The number of hydrogen-bond acceptors (Lipinski definition) is 3. The molecule has 1 heterocycles. The van der Waals surface area contributed by atoms with E-state index in [4.69, 9.17) is 22.7 Å². The van der Waals surface area contributed by atoms with Crippen LogP contribution >= 0.6 is 12.2 Å². The van der Waals surface area contributed by atoms with E-state index in [1.807, 2.05) is 18.7 Å². The van der Waals surface area contributed by atoms with Crippen molar-refractivity contribution in [2.75, 3.05) is 24.6 Å². The van der Waals surface area contributed by atoms with Crippen molar-refractivity contribution in [1.29, 1.82) is 0 Å². The topological polar surface area (TPSA) is 38.5 Å². The predicted molar refractivity (Wildman–Crippen MR) is 74.5 cm³/mol. The summed E-state index contributed by atoms with van der Waals surface area (Å²) in [6, 6.07) is 4.87. The van der Waals surface area contributed by atoms with Gasteiger partial charge >= 0.3 is 0 Å². The molecule has 5 heteroatoms. The van der Waals surface area contributed by atoms with Crippen molar-refractivity contribution in [2.45, 2.75) is 19.4 Å². The van der Waals surface area contributed by atoms with E-state index in [1.165, 1.54) is 6.07 Å². The lowest BCUT2D eigenvalue weighted by molar-refractivity contribution is -0.0278. The van der Waals surface area contributed by atoms with E-state index in [1.54, 1.807) is 12.1 Å². The summed E-state index contributed by atoms with van der Waals surface area (Å²) in [5, 5.41) is 0. The monoisotopic (exact) mass is 268 g/mol. The van der Waals surface area contributed by atoms with Gasteiger partial charge in [0.15, 0.2) is 0 Å². The number of halogens is 1. The van der Waals surface area contributed by atoms with E-state index in [-0.39, 0.29) is 16.4 Å². The maximum atomic E-state index is 14.0. The summed E-state index contributed by atoms with van der Waals surface area (Å²) in [6.45, 7) is 5.95. The molecule has 0 aliphatic carbocycles. The van der Waals surface area contributed by atoms with Gasteiger partial charge in [-0.05, 0) is 32.0 Å². The molecule has 1 aromatic carbocycles. The molecule has 0 radical (unpaired) electrons. The highest BCUT2D eigenvalue weighted by molar-refractivity contribution is 7.80. The average Bonchev–Trinajstić information content (AvgIpc) is 2.27. The number of nitrogens with two attached hydrogens (primary N) is 1.